The van der Waals surface area contributed by atoms with Crippen LogP contribution in [0.5, 0.6) is 5.75 Å². The number of hydrogen-bond donors (Lipinski definition) is 3. The molecule has 134 valence electrons. The molecule has 1 aliphatic carbocycles. The Labute approximate surface area is 147 Å². The van der Waals surface area contributed by atoms with Gasteiger partial charge in [-0.15, -0.1) is 0 Å². The molecule has 3 N–H and O–H groups in total. The maximum Gasteiger partial charge on any atom is 0.319 e. The molecule has 0 radical (unpaired) electrons. The zero-order valence-corrected chi connectivity index (χ0v) is 15.4. The minimum Gasteiger partial charge on any atom is -0.504 e. The van der Waals surface area contributed by atoms with Crippen molar-refractivity contribution in [3.05, 3.63) is 17.2 Å². The van der Waals surface area contributed by atoms with Crippen LogP contribution in [0.4, 0.5) is 10.5 Å². The van der Waals surface area contributed by atoms with Gasteiger partial charge in [-0.05, 0) is 38.8 Å². The Balaban J connectivity index is 2.21. The molecular formula is C16H23ClN2O4S. The van der Waals surface area contributed by atoms with Crippen molar-refractivity contribution in [3.8, 4) is 5.75 Å². The van der Waals surface area contributed by atoms with Gasteiger partial charge in [-0.3, -0.25) is 0 Å². The fraction of sp³-hybridized carbons (Fsp3) is 0.562. The highest BCUT2D eigenvalue weighted by atomic mass is 35.5. The van der Waals surface area contributed by atoms with Gasteiger partial charge in [0, 0.05) is 6.04 Å². The quantitative estimate of drug-likeness (QED) is 0.700. The van der Waals surface area contributed by atoms with Crippen LogP contribution >= 0.6 is 11.6 Å². The van der Waals surface area contributed by atoms with Gasteiger partial charge in [0.2, 0.25) is 0 Å². The molecule has 1 aromatic rings. The second-order valence-corrected chi connectivity index (χ2v) is 9.15. The van der Waals surface area contributed by atoms with Crippen LogP contribution in [0.3, 0.4) is 0 Å². The summed E-state index contributed by atoms with van der Waals surface area (Å²) in [5.41, 5.74) is 0.0203. The number of amides is 2. The number of aromatic hydroxyl groups is 1. The molecule has 0 unspecified atom stereocenters. The first-order chi connectivity index (χ1) is 11.2. The largest absolute Gasteiger partial charge is 0.504 e. The van der Waals surface area contributed by atoms with Crippen LogP contribution < -0.4 is 10.6 Å². The van der Waals surface area contributed by atoms with E-state index in [9.17, 15) is 18.3 Å². The van der Waals surface area contributed by atoms with E-state index < -0.39 is 26.9 Å². The van der Waals surface area contributed by atoms with E-state index in [-0.39, 0.29) is 21.6 Å². The smallest absolute Gasteiger partial charge is 0.319 e. The van der Waals surface area contributed by atoms with Crippen LogP contribution in [0.2, 0.25) is 5.02 Å². The van der Waals surface area contributed by atoms with Crippen LogP contribution in [-0.2, 0) is 9.84 Å². The summed E-state index contributed by atoms with van der Waals surface area (Å²) in [6.07, 6.45) is 5.18. The van der Waals surface area contributed by atoms with E-state index in [0.29, 0.717) is 0 Å². The second-order valence-electron chi connectivity index (χ2n) is 6.30. The number of carbonyl (C=O) groups is 1. The number of nitrogens with one attached hydrogen (secondary N) is 2. The molecule has 1 aliphatic rings. The first kappa shape index (κ1) is 18.9. The van der Waals surface area contributed by atoms with Crippen molar-refractivity contribution in [2.24, 2.45) is 0 Å². The van der Waals surface area contributed by atoms with Gasteiger partial charge in [-0.1, -0.05) is 30.9 Å². The molecule has 24 heavy (non-hydrogen) atoms. The number of benzene rings is 1. The van der Waals surface area contributed by atoms with Crippen LogP contribution in [0.1, 0.15) is 46.0 Å². The zero-order chi connectivity index (χ0) is 17.9. The van der Waals surface area contributed by atoms with Gasteiger partial charge >= 0.3 is 6.03 Å². The lowest BCUT2D eigenvalue weighted by Gasteiger charge is -2.23. The monoisotopic (exact) mass is 374 g/mol. The number of carbonyl (C=O) groups excluding carboxylic acids is 1. The predicted octanol–water partition coefficient (Wildman–Crippen LogP) is 3.68. The summed E-state index contributed by atoms with van der Waals surface area (Å²) < 4.78 is 24.7. The highest BCUT2D eigenvalue weighted by Crippen LogP contribution is 2.38. The van der Waals surface area contributed by atoms with E-state index in [0.717, 1.165) is 25.7 Å². The molecule has 2 amide bonds. The summed E-state index contributed by atoms with van der Waals surface area (Å²) in [7, 11) is -3.78. The molecule has 1 aromatic carbocycles. The van der Waals surface area contributed by atoms with Gasteiger partial charge in [0.1, 0.15) is 4.90 Å². The number of sulfone groups is 1. The van der Waals surface area contributed by atoms with E-state index in [1.54, 1.807) is 0 Å². The van der Waals surface area contributed by atoms with E-state index >= 15 is 0 Å². The number of halogens is 1. The SMILES string of the molecule is CC(C)S(=O)(=O)c1c(Cl)ccc(NC(=O)NC2CCCCC2)c1O. The lowest BCUT2D eigenvalue weighted by molar-refractivity contribution is 0.244. The average molecular weight is 375 g/mol. The van der Waals surface area contributed by atoms with Gasteiger partial charge < -0.3 is 15.7 Å². The number of hydrogen-bond acceptors (Lipinski definition) is 4. The summed E-state index contributed by atoms with van der Waals surface area (Å²) in [6, 6.07) is 2.38. The van der Waals surface area contributed by atoms with Gasteiger partial charge in [-0.25, -0.2) is 13.2 Å². The summed E-state index contributed by atoms with van der Waals surface area (Å²) in [4.78, 5) is 11.7. The van der Waals surface area contributed by atoms with E-state index in [1.807, 2.05) is 0 Å². The maximum absolute atomic E-state index is 12.4. The topological polar surface area (TPSA) is 95.5 Å². The Bertz CT molecular complexity index is 713. The molecule has 0 saturated heterocycles. The Morgan fingerprint density at radius 2 is 1.88 bits per heavy atom. The first-order valence-corrected chi connectivity index (χ1v) is 9.98. The third-order valence-electron chi connectivity index (χ3n) is 4.18. The summed E-state index contributed by atoms with van der Waals surface area (Å²) in [5, 5.41) is 14.8. The third-order valence-corrected chi connectivity index (χ3v) is 6.83. The van der Waals surface area contributed by atoms with Gasteiger partial charge in [0.25, 0.3) is 0 Å². The van der Waals surface area contributed by atoms with Crippen molar-refractivity contribution >= 4 is 33.2 Å². The van der Waals surface area contributed by atoms with Crippen LogP contribution in [0.15, 0.2) is 17.0 Å². The lowest BCUT2D eigenvalue weighted by Crippen LogP contribution is -2.39. The molecule has 6 nitrogen and oxygen atoms in total. The first-order valence-electron chi connectivity index (χ1n) is 8.06. The number of phenols is 1. The van der Waals surface area contributed by atoms with Crippen molar-refractivity contribution in [2.45, 2.75) is 62.1 Å². The Morgan fingerprint density at radius 3 is 2.46 bits per heavy atom. The van der Waals surface area contributed by atoms with Crippen LogP contribution in [-0.4, -0.2) is 30.8 Å². The summed E-state index contributed by atoms with van der Waals surface area (Å²) in [5.74, 6) is -0.532. The van der Waals surface area contributed by atoms with Crippen molar-refractivity contribution in [2.75, 3.05) is 5.32 Å². The standard InChI is InChI=1S/C16H23ClN2O4S/c1-10(2)24(22,23)15-12(17)8-9-13(14(15)20)19-16(21)18-11-6-4-3-5-7-11/h8-11,20H,3-7H2,1-2H3,(H2,18,19,21). The van der Waals surface area contributed by atoms with E-state index in [4.69, 9.17) is 11.6 Å². The zero-order valence-electron chi connectivity index (χ0n) is 13.8. The van der Waals surface area contributed by atoms with Gasteiger partial charge in [0.05, 0.1) is 16.0 Å². The number of urea groups is 1. The minimum atomic E-state index is -3.78. The molecule has 0 aliphatic heterocycles. The van der Waals surface area contributed by atoms with E-state index in [2.05, 4.69) is 10.6 Å². The molecule has 0 bridgehead atoms. The van der Waals surface area contributed by atoms with Gasteiger partial charge in [0.15, 0.2) is 15.6 Å². The fourth-order valence-corrected chi connectivity index (χ4v) is 4.41. The Morgan fingerprint density at radius 1 is 1.25 bits per heavy atom. The van der Waals surface area contributed by atoms with E-state index in [1.165, 1.54) is 32.4 Å². The molecule has 0 aromatic heterocycles. The third kappa shape index (κ3) is 4.13. The van der Waals surface area contributed by atoms with Crippen molar-refractivity contribution < 1.29 is 18.3 Å². The van der Waals surface area contributed by atoms with Gasteiger partial charge in [-0.2, -0.15) is 0 Å². The molecule has 0 spiro atoms. The molecule has 2 rings (SSSR count). The summed E-state index contributed by atoms with van der Waals surface area (Å²) >= 11 is 5.95. The molecule has 1 fully saturated rings. The normalized spacial score (nSPS) is 16.2. The predicted molar refractivity (Wildman–Crippen MR) is 94.5 cm³/mol. The Hall–Kier alpha value is -1.47. The highest BCUT2D eigenvalue weighted by Gasteiger charge is 2.28. The maximum atomic E-state index is 12.4. The molecule has 8 heteroatoms. The number of phenolic OH excluding ortho intramolecular Hbond substituents is 1. The Kier molecular flexibility index (Phi) is 5.98. The average Bonchev–Trinajstić information content (AvgIpc) is 2.51. The lowest BCUT2D eigenvalue weighted by atomic mass is 9.96. The molecular weight excluding hydrogens is 352 g/mol. The van der Waals surface area contributed by atoms with Crippen molar-refractivity contribution in [1.29, 1.82) is 0 Å². The molecule has 1 saturated carbocycles. The number of anilines is 1. The molecule has 0 atom stereocenters. The van der Waals surface area contributed by atoms with Crippen LogP contribution in [0.25, 0.3) is 0 Å². The number of rotatable bonds is 4. The summed E-state index contributed by atoms with van der Waals surface area (Å²) in [6.45, 7) is 3.00. The second kappa shape index (κ2) is 7.61. The van der Waals surface area contributed by atoms with Crippen molar-refractivity contribution in [1.82, 2.24) is 5.32 Å². The van der Waals surface area contributed by atoms with Crippen LogP contribution in [0, 0.1) is 0 Å². The highest BCUT2D eigenvalue weighted by molar-refractivity contribution is 7.92. The molecule has 0 heterocycles. The van der Waals surface area contributed by atoms with Crippen molar-refractivity contribution in [3.63, 3.8) is 0 Å². The minimum absolute atomic E-state index is 0.0203. The fourth-order valence-electron chi connectivity index (χ4n) is 2.74.